The Morgan fingerprint density at radius 2 is 1.27 bits per heavy atom. The van der Waals surface area contributed by atoms with Crippen LogP contribution in [0.15, 0.2) is 84.9 Å². The maximum absolute atomic E-state index is 10.4. The van der Waals surface area contributed by atoms with E-state index in [2.05, 4.69) is 106 Å². The lowest BCUT2D eigenvalue weighted by molar-refractivity contribution is 0.342. The number of thioether (sulfide) groups is 1. The van der Waals surface area contributed by atoms with E-state index < -0.39 is 0 Å². The van der Waals surface area contributed by atoms with Crippen LogP contribution in [0.2, 0.25) is 0 Å². The summed E-state index contributed by atoms with van der Waals surface area (Å²) < 4.78 is 0. The van der Waals surface area contributed by atoms with Gasteiger partial charge in [-0.05, 0) is 60.1 Å². The predicted octanol–water partition coefficient (Wildman–Crippen LogP) is 10.6. The lowest BCUT2D eigenvalue weighted by atomic mass is 9.79. The second-order valence-corrected chi connectivity index (χ2v) is 12.3. The van der Waals surface area contributed by atoms with E-state index in [1.165, 1.54) is 56.1 Å². The van der Waals surface area contributed by atoms with Gasteiger partial charge in [-0.25, -0.2) is 0 Å². The SMILES string of the molecule is CCCCCCC(CC(CC(C)C(C)c1ccccc1)SCc1ccccc1O)C(C)c1ccccc1. The van der Waals surface area contributed by atoms with E-state index >= 15 is 0 Å². The maximum Gasteiger partial charge on any atom is 0.119 e. The number of hydrogen-bond donors (Lipinski definition) is 1. The van der Waals surface area contributed by atoms with Crippen LogP contribution in [0, 0.1) is 11.8 Å². The van der Waals surface area contributed by atoms with E-state index in [1.54, 1.807) is 0 Å². The Morgan fingerprint density at radius 3 is 1.89 bits per heavy atom. The minimum atomic E-state index is 0.424. The van der Waals surface area contributed by atoms with Gasteiger partial charge in [0.2, 0.25) is 0 Å². The van der Waals surface area contributed by atoms with E-state index in [-0.39, 0.29) is 0 Å². The molecule has 0 fully saturated rings. The van der Waals surface area contributed by atoms with Gasteiger partial charge in [0.05, 0.1) is 0 Å². The summed E-state index contributed by atoms with van der Waals surface area (Å²) in [5.41, 5.74) is 3.96. The van der Waals surface area contributed by atoms with E-state index in [0.29, 0.717) is 34.7 Å². The molecule has 5 atom stereocenters. The molecule has 1 N–H and O–H groups in total. The average molecular weight is 517 g/mol. The molecule has 0 saturated carbocycles. The highest BCUT2D eigenvalue weighted by Gasteiger charge is 2.26. The molecule has 2 heteroatoms. The van der Waals surface area contributed by atoms with Crippen LogP contribution in [0.3, 0.4) is 0 Å². The summed E-state index contributed by atoms with van der Waals surface area (Å²) in [6, 6.07) is 30.0. The molecule has 5 unspecified atom stereocenters. The maximum atomic E-state index is 10.4. The highest BCUT2D eigenvalue weighted by molar-refractivity contribution is 7.99. The van der Waals surface area contributed by atoms with E-state index in [1.807, 2.05) is 18.2 Å². The van der Waals surface area contributed by atoms with Gasteiger partial charge in [-0.1, -0.05) is 132 Å². The Bertz CT molecular complexity index is 1000. The third-order valence-corrected chi connectivity index (χ3v) is 9.64. The van der Waals surface area contributed by atoms with Gasteiger partial charge in [-0.3, -0.25) is 0 Å². The highest BCUT2D eigenvalue weighted by atomic mass is 32.2. The van der Waals surface area contributed by atoms with Crippen LogP contribution >= 0.6 is 11.8 Å². The van der Waals surface area contributed by atoms with Gasteiger partial charge >= 0.3 is 0 Å². The molecule has 37 heavy (non-hydrogen) atoms. The summed E-state index contributed by atoms with van der Waals surface area (Å²) in [6.45, 7) is 9.56. The van der Waals surface area contributed by atoms with Crippen LogP contribution in [0.1, 0.15) is 101 Å². The van der Waals surface area contributed by atoms with Crippen molar-refractivity contribution in [3.8, 4) is 5.75 Å². The van der Waals surface area contributed by atoms with Crippen LogP contribution in [0.5, 0.6) is 5.75 Å². The van der Waals surface area contributed by atoms with Crippen molar-refractivity contribution in [3.63, 3.8) is 0 Å². The fourth-order valence-corrected chi connectivity index (χ4v) is 7.03. The monoisotopic (exact) mass is 516 g/mol. The molecule has 0 amide bonds. The third kappa shape index (κ3) is 9.56. The molecule has 1 nitrogen and oxygen atoms in total. The van der Waals surface area contributed by atoms with Crippen LogP contribution in [-0.4, -0.2) is 10.4 Å². The fourth-order valence-electron chi connectivity index (χ4n) is 5.55. The van der Waals surface area contributed by atoms with Gasteiger partial charge in [0.25, 0.3) is 0 Å². The molecule has 3 aromatic rings. The number of unbranched alkanes of at least 4 members (excludes halogenated alkanes) is 3. The van der Waals surface area contributed by atoms with Crippen molar-refractivity contribution in [2.75, 3.05) is 0 Å². The Balaban J connectivity index is 1.78. The number of hydrogen-bond acceptors (Lipinski definition) is 2. The number of benzene rings is 3. The highest BCUT2D eigenvalue weighted by Crippen LogP contribution is 2.40. The topological polar surface area (TPSA) is 20.2 Å². The standard InChI is InChI=1S/C35H48OS/c1-5-6-7-10-21-32(29(4)31-19-13-9-14-20-31)25-34(37-26-33-22-15-16-23-35(33)36)24-27(2)28(3)30-17-11-8-12-18-30/h8-9,11-20,22-23,27-29,32,34,36H,5-7,10,21,24-26H2,1-4H3. The van der Waals surface area contributed by atoms with Crippen molar-refractivity contribution in [2.45, 2.75) is 95.5 Å². The van der Waals surface area contributed by atoms with Crippen LogP contribution in [0.4, 0.5) is 0 Å². The molecule has 0 aromatic heterocycles. The molecule has 0 spiro atoms. The zero-order valence-electron chi connectivity index (χ0n) is 23.5. The first-order chi connectivity index (χ1) is 18.0. The normalized spacial score (nSPS) is 15.6. The van der Waals surface area contributed by atoms with Crippen LogP contribution in [0.25, 0.3) is 0 Å². The lowest BCUT2D eigenvalue weighted by Gasteiger charge is -2.31. The molecule has 0 aliphatic carbocycles. The van der Waals surface area contributed by atoms with Gasteiger partial charge in [0, 0.05) is 16.6 Å². The summed E-state index contributed by atoms with van der Waals surface area (Å²) in [6.07, 6.45) is 9.00. The molecule has 0 aliphatic rings. The number of rotatable bonds is 16. The van der Waals surface area contributed by atoms with Crippen molar-refractivity contribution < 1.29 is 5.11 Å². The van der Waals surface area contributed by atoms with Crippen LogP contribution in [-0.2, 0) is 5.75 Å². The van der Waals surface area contributed by atoms with Gasteiger partial charge < -0.3 is 5.11 Å². The molecule has 0 bridgehead atoms. The largest absolute Gasteiger partial charge is 0.508 e. The molecule has 0 heterocycles. The second-order valence-electron chi connectivity index (χ2n) is 11.0. The first-order valence-corrected chi connectivity index (χ1v) is 15.5. The second kappa shape index (κ2) is 15.9. The molecule has 0 radical (unpaired) electrons. The van der Waals surface area contributed by atoms with Crippen molar-refractivity contribution in [1.82, 2.24) is 0 Å². The molecular weight excluding hydrogens is 468 g/mol. The number of aromatic hydroxyl groups is 1. The lowest BCUT2D eigenvalue weighted by Crippen LogP contribution is -2.21. The van der Waals surface area contributed by atoms with Crippen LogP contribution < -0.4 is 0 Å². The first kappa shape index (κ1) is 29.4. The van der Waals surface area contributed by atoms with Gasteiger partial charge in [-0.15, -0.1) is 0 Å². The van der Waals surface area contributed by atoms with Crippen molar-refractivity contribution in [1.29, 1.82) is 0 Å². The summed E-state index contributed by atoms with van der Waals surface area (Å²) in [4.78, 5) is 0. The molecule has 0 saturated heterocycles. The zero-order chi connectivity index (χ0) is 26.5. The van der Waals surface area contributed by atoms with Gasteiger partial charge in [0.1, 0.15) is 5.75 Å². The minimum absolute atomic E-state index is 0.424. The summed E-state index contributed by atoms with van der Waals surface area (Å²) in [7, 11) is 0. The van der Waals surface area contributed by atoms with Crippen molar-refractivity contribution >= 4 is 11.8 Å². The van der Waals surface area contributed by atoms with Gasteiger partial charge in [0.15, 0.2) is 0 Å². The molecule has 0 aliphatic heterocycles. The molecule has 3 aromatic carbocycles. The quantitative estimate of drug-likeness (QED) is 0.191. The fraction of sp³-hybridized carbons (Fsp3) is 0.486. The third-order valence-electron chi connectivity index (χ3n) is 8.31. The summed E-state index contributed by atoms with van der Waals surface area (Å²) in [5, 5.41) is 11.0. The molecule has 200 valence electrons. The number of phenols is 1. The van der Waals surface area contributed by atoms with E-state index in [4.69, 9.17) is 0 Å². The zero-order valence-corrected chi connectivity index (χ0v) is 24.3. The van der Waals surface area contributed by atoms with Crippen molar-refractivity contribution in [2.24, 2.45) is 11.8 Å². The average Bonchev–Trinajstić information content (AvgIpc) is 2.94. The Morgan fingerprint density at radius 1 is 0.676 bits per heavy atom. The van der Waals surface area contributed by atoms with Crippen molar-refractivity contribution in [3.05, 3.63) is 102 Å². The number of para-hydroxylation sites is 1. The minimum Gasteiger partial charge on any atom is -0.508 e. The summed E-state index contributed by atoms with van der Waals surface area (Å²) >= 11 is 2.05. The Labute approximate surface area is 231 Å². The Hall–Kier alpha value is -2.19. The molecule has 3 rings (SSSR count). The first-order valence-electron chi connectivity index (χ1n) is 14.5. The van der Waals surface area contributed by atoms with E-state index in [0.717, 1.165) is 11.3 Å². The predicted molar refractivity (Wildman–Crippen MR) is 164 cm³/mol. The van der Waals surface area contributed by atoms with E-state index in [9.17, 15) is 5.11 Å². The Kier molecular flexibility index (Phi) is 12.6. The molecular formula is C35H48OS. The smallest absolute Gasteiger partial charge is 0.119 e. The number of phenolic OH excluding ortho intramolecular Hbond substituents is 1. The van der Waals surface area contributed by atoms with Gasteiger partial charge in [-0.2, -0.15) is 11.8 Å². The summed E-state index contributed by atoms with van der Waals surface area (Å²) in [5.74, 6) is 3.64.